The highest BCUT2D eigenvalue weighted by Crippen LogP contribution is 2.37. The molecule has 0 saturated heterocycles. The first-order chi connectivity index (χ1) is 17.8. The highest BCUT2D eigenvalue weighted by Gasteiger charge is 2.10. The molecule has 2 nitrogen and oxygen atoms in total. The van der Waals surface area contributed by atoms with Gasteiger partial charge in [0.15, 0.2) is 0 Å². The Balaban J connectivity index is 0.00000117. The molecular weight excluding hydrogens is 436 g/mol. The van der Waals surface area contributed by atoms with E-state index in [4.69, 9.17) is 4.98 Å². The van der Waals surface area contributed by atoms with Crippen molar-refractivity contribution in [2.24, 2.45) is 0 Å². The molecule has 36 heavy (non-hydrogen) atoms. The Morgan fingerprint density at radius 2 is 1.17 bits per heavy atom. The van der Waals surface area contributed by atoms with Crippen LogP contribution in [0, 0.1) is 0 Å². The molecule has 0 fully saturated rings. The van der Waals surface area contributed by atoms with Gasteiger partial charge in [0.1, 0.15) is 0 Å². The SMILES string of the molecule is CC.c1cc(-c2ccc3c4ccccc4c4ccncc4c3c2)cc(-c2ccc3ccccc3n2)c1. The van der Waals surface area contributed by atoms with Gasteiger partial charge in [-0.25, -0.2) is 4.98 Å². The molecule has 0 N–H and O–H groups in total. The van der Waals surface area contributed by atoms with E-state index in [1.807, 2.05) is 38.4 Å². The van der Waals surface area contributed by atoms with Crippen LogP contribution in [0.5, 0.6) is 0 Å². The molecule has 2 aromatic heterocycles. The van der Waals surface area contributed by atoms with Gasteiger partial charge in [0, 0.05) is 28.7 Å². The molecular formula is C34H26N2. The largest absolute Gasteiger partial charge is 0.264 e. The number of para-hydroxylation sites is 1. The number of rotatable bonds is 2. The monoisotopic (exact) mass is 462 g/mol. The molecule has 0 bridgehead atoms. The Kier molecular flexibility index (Phi) is 5.63. The predicted octanol–water partition coefficient (Wildman–Crippen LogP) is 9.45. The molecule has 0 aliphatic heterocycles. The maximum atomic E-state index is 4.90. The van der Waals surface area contributed by atoms with E-state index in [2.05, 4.69) is 102 Å². The average Bonchev–Trinajstić information content (AvgIpc) is 2.98. The fourth-order valence-corrected chi connectivity index (χ4v) is 5.06. The van der Waals surface area contributed by atoms with Crippen LogP contribution in [-0.2, 0) is 0 Å². The molecule has 0 spiro atoms. The maximum Gasteiger partial charge on any atom is 0.0709 e. The van der Waals surface area contributed by atoms with Crippen molar-refractivity contribution < 1.29 is 0 Å². The average molecular weight is 463 g/mol. The zero-order chi connectivity index (χ0) is 24.5. The molecule has 0 radical (unpaired) electrons. The molecule has 0 aliphatic carbocycles. The van der Waals surface area contributed by atoms with Gasteiger partial charge in [-0.15, -0.1) is 0 Å². The van der Waals surface area contributed by atoms with E-state index in [1.54, 1.807) is 0 Å². The lowest BCUT2D eigenvalue weighted by atomic mass is 9.92. The molecule has 0 saturated carbocycles. The number of hydrogen-bond donors (Lipinski definition) is 0. The minimum Gasteiger partial charge on any atom is -0.264 e. The fourth-order valence-electron chi connectivity index (χ4n) is 5.06. The van der Waals surface area contributed by atoms with Crippen molar-refractivity contribution in [2.45, 2.75) is 13.8 Å². The summed E-state index contributed by atoms with van der Waals surface area (Å²) in [6.45, 7) is 4.00. The standard InChI is InChI=1S/C32H20N2.C2H6/c1-4-11-31-21(6-1)13-15-32(34-31)24-8-5-7-22(18-24)23-12-14-27-25-9-2-3-10-26(25)28-16-17-33-20-30(28)29(27)19-23;1-2/h1-20H;1-2H3. The third-order valence-corrected chi connectivity index (χ3v) is 6.73. The predicted molar refractivity (Wildman–Crippen MR) is 154 cm³/mol. The van der Waals surface area contributed by atoms with Gasteiger partial charge in [-0.2, -0.15) is 0 Å². The van der Waals surface area contributed by atoms with Crippen molar-refractivity contribution in [2.75, 3.05) is 0 Å². The topological polar surface area (TPSA) is 25.8 Å². The van der Waals surface area contributed by atoms with Crippen molar-refractivity contribution >= 4 is 43.2 Å². The summed E-state index contributed by atoms with van der Waals surface area (Å²) < 4.78 is 0. The number of hydrogen-bond acceptors (Lipinski definition) is 2. The van der Waals surface area contributed by atoms with E-state index < -0.39 is 0 Å². The van der Waals surface area contributed by atoms with Crippen molar-refractivity contribution in [3.8, 4) is 22.4 Å². The van der Waals surface area contributed by atoms with Gasteiger partial charge >= 0.3 is 0 Å². The van der Waals surface area contributed by atoms with Crippen LogP contribution in [0.15, 0.2) is 122 Å². The second-order valence-electron chi connectivity index (χ2n) is 8.70. The lowest BCUT2D eigenvalue weighted by molar-refractivity contribution is 1.37. The summed E-state index contributed by atoms with van der Waals surface area (Å²) >= 11 is 0. The van der Waals surface area contributed by atoms with Crippen molar-refractivity contribution in [1.29, 1.82) is 0 Å². The third-order valence-electron chi connectivity index (χ3n) is 6.73. The van der Waals surface area contributed by atoms with Crippen LogP contribution in [0.4, 0.5) is 0 Å². The van der Waals surface area contributed by atoms with E-state index in [-0.39, 0.29) is 0 Å². The van der Waals surface area contributed by atoms with Crippen LogP contribution < -0.4 is 0 Å². The Hall–Kier alpha value is -4.56. The van der Waals surface area contributed by atoms with Gasteiger partial charge in [0.05, 0.1) is 11.2 Å². The molecule has 5 aromatic carbocycles. The summed E-state index contributed by atoms with van der Waals surface area (Å²) in [5.74, 6) is 0. The third kappa shape index (κ3) is 3.68. The van der Waals surface area contributed by atoms with Crippen LogP contribution in [-0.4, -0.2) is 9.97 Å². The molecule has 2 heterocycles. The minimum absolute atomic E-state index is 0.988. The van der Waals surface area contributed by atoms with Crippen molar-refractivity contribution in [1.82, 2.24) is 9.97 Å². The van der Waals surface area contributed by atoms with Crippen molar-refractivity contribution in [3.63, 3.8) is 0 Å². The van der Waals surface area contributed by atoms with Gasteiger partial charge in [-0.3, -0.25) is 4.98 Å². The molecule has 0 amide bonds. The zero-order valence-electron chi connectivity index (χ0n) is 20.4. The summed E-state index contributed by atoms with van der Waals surface area (Å²) in [7, 11) is 0. The molecule has 0 aliphatic rings. The number of benzene rings is 5. The van der Waals surface area contributed by atoms with Gasteiger partial charge in [0.25, 0.3) is 0 Å². The normalized spacial score (nSPS) is 11.1. The van der Waals surface area contributed by atoms with Crippen LogP contribution in [0.25, 0.3) is 65.6 Å². The summed E-state index contributed by atoms with van der Waals surface area (Å²) in [6, 6.07) is 38.7. The van der Waals surface area contributed by atoms with E-state index in [1.165, 1.54) is 43.4 Å². The number of pyridine rings is 2. The Morgan fingerprint density at radius 1 is 0.472 bits per heavy atom. The summed E-state index contributed by atoms with van der Waals surface area (Å²) in [4.78, 5) is 9.34. The Morgan fingerprint density at radius 3 is 2.03 bits per heavy atom. The van der Waals surface area contributed by atoms with Crippen LogP contribution in [0.3, 0.4) is 0 Å². The van der Waals surface area contributed by atoms with Crippen LogP contribution >= 0.6 is 0 Å². The first-order valence-corrected chi connectivity index (χ1v) is 12.5. The Bertz CT molecular complexity index is 1830. The minimum atomic E-state index is 0.988. The molecule has 7 aromatic rings. The van der Waals surface area contributed by atoms with E-state index >= 15 is 0 Å². The van der Waals surface area contributed by atoms with Crippen LogP contribution in [0.1, 0.15) is 13.8 Å². The molecule has 0 atom stereocenters. The zero-order valence-corrected chi connectivity index (χ0v) is 20.4. The quantitative estimate of drug-likeness (QED) is 0.239. The van der Waals surface area contributed by atoms with Gasteiger partial charge < -0.3 is 0 Å². The van der Waals surface area contributed by atoms with Crippen molar-refractivity contribution in [3.05, 3.63) is 122 Å². The lowest BCUT2D eigenvalue weighted by Crippen LogP contribution is -1.88. The van der Waals surface area contributed by atoms with E-state index in [0.717, 1.165) is 22.2 Å². The number of fused-ring (bicyclic) bond motifs is 7. The summed E-state index contributed by atoms with van der Waals surface area (Å²) in [6.07, 6.45) is 3.87. The fraction of sp³-hybridized carbons (Fsp3) is 0.0588. The molecule has 0 unspecified atom stereocenters. The molecule has 2 heteroatoms. The first kappa shape index (κ1) is 21.9. The van der Waals surface area contributed by atoms with Gasteiger partial charge in [0.2, 0.25) is 0 Å². The summed E-state index contributed by atoms with van der Waals surface area (Å²) in [5.41, 5.74) is 5.49. The highest BCUT2D eigenvalue weighted by atomic mass is 14.7. The second-order valence-corrected chi connectivity index (χ2v) is 8.70. The van der Waals surface area contributed by atoms with Crippen LogP contribution in [0.2, 0.25) is 0 Å². The summed E-state index contributed by atoms with van der Waals surface area (Å²) in [5, 5.41) is 8.61. The lowest BCUT2D eigenvalue weighted by Gasteiger charge is -2.12. The first-order valence-electron chi connectivity index (χ1n) is 12.5. The molecule has 7 rings (SSSR count). The number of aromatic nitrogens is 2. The Labute approximate surface area is 210 Å². The second kappa shape index (κ2) is 9.24. The maximum absolute atomic E-state index is 4.90. The van der Waals surface area contributed by atoms with E-state index in [0.29, 0.717) is 0 Å². The number of nitrogens with zero attached hydrogens (tertiary/aromatic N) is 2. The van der Waals surface area contributed by atoms with E-state index in [9.17, 15) is 0 Å². The van der Waals surface area contributed by atoms with Gasteiger partial charge in [-0.1, -0.05) is 92.7 Å². The smallest absolute Gasteiger partial charge is 0.0709 e. The highest BCUT2D eigenvalue weighted by molar-refractivity contribution is 6.25. The van der Waals surface area contributed by atoms with Gasteiger partial charge in [-0.05, 0) is 68.4 Å². The molecule has 172 valence electrons.